The number of hydrogen-bond donors (Lipinski definition) is 2. The maximum absolute atomic E-state index is 12.9. The molecule has 1 amide bonds. The van der Waals surface area contributed by atoms with Gasteiger partial charge in [-0.3, -0.25) is 4.79 Å². The van der Waals surface area contributed by atoms with Crippen molar-refractivity contribution in [3.05, 3.63) is 72.4 Å². The number of likely N-dealkylation sites (N-methyl/N-ethyl adjacent to an activating group) is 1. The van der Waals surface area contributed by atoms with E-state index in [-0.39, 0.29) is 0 Å². The average Bonchev–Trinajstić information content (AvgIpc) is 2.80. The van der Waals surface area contributed by atoms with Crippen molar-refractivity contribution in [1.82, 2.24) is 14.2 Å². The largest absolute Gasteiger partial charge is 0.366 e. The first-order valence-corrected chi connectivity index (χ1v) is 11.7. The Morgan fingerprint density at radius 2 is 1.59 bits per heavy atom. The molecule has 0 bridgehead atoms. The van der Waals surface area contributed by atoms with E-state index in [1.165, 1.54) is 0 Å². The summed E-state index contributed by atoms with van der Waals surface area (Å²) in [6, 6.07) is 17.5. The second-order valence-corrected chi connectivity index (χ2v) is 9.67. The van der Waals surface area contributed by atoms with Crippen molar-refractivity contribution in [2.24, 2.45) is 5.73 Å². The summed E-state index contributed by atoms with van der Waals surface area (Å²) < 4.78 is 27.4. The van der Waals surface area contributed by atoms with Gasteiger partial charge < -0.3 is 16.0 Å². The number of benzene rings is 2. The number of anilines is 2. The smallest absolute Gasteiger partial charge is 0.248 e. The highest BCUT2D eigenvalue weighted by molar-refractivity contribution is 7.89. The van der Waals surface area contributed by atoms with E-state index in [0.717, 1.165) is 29.9 Å². The highest BCUT2D eigenvalue weighted by Gasteiger charge is 2.27. The van der Waals surface area contributed by atoms with Crippen molar-refractivity contribution < 1.29 is 13.2 Å². The van der Waals surface area contributed by atoms with Crippen LogP contribution in [0.2, 0.25) is 0 Å². The summed E-state index contributed by atoms with van der Waals surface area (Å²) in [5.41, 5.74) is 8.27. The fourth-order valence-electron chi connectivity index (χ4n) is 3.54. The summed E-state index contributed by atoms with van der Waals surface area (Å²) in [5.74, 6) is 0.151. The molecule has 9 heteroatoms. The highest BCUT2D eigenvalue weighted by atomic mass is 32.2. The van der Waals surface area contributed by atoms with Crippen LogP contribution in [0.3, 0.4) is 0 Å². The van der Waals surface area contributed by atoms with Crippen molar-refractivity contribution in [3.63, 3.8) is 0 Å². The lowest BCUT2D eigenvalue weighted by Crippen LogP contribution is -2.46. The molecule has 0 saturated carbocycles. The molecule has 1 aromatic heterocycles. The van der Waals surface area contributed by atoms with Crippen LogP contribution in [0.25, 0.3) is 11.1 Å². The van der Waals surface area contributed by atoms with E-state index in [9.17, 15) is 13.2 Å². The zero-order valence-electron chi connectivity index (χ0n) is 17.7. The molecular formula is C23H25N5O3S. The van der Waals surface area contributed by atoms with E-state index in [0.29, 0.717) is 29.4 Å². The minimum Gasteiger partial charge on any atom is -0.366 e. The number of nitrogens with one attached hydrogen (secondary N) is 1. The monoisotopic (exact) mass is 451 g/mol. The number of amides is 1. The number of nitrogens with zero attached hydrogens (tertiary/aromatic N) is 3. The van der Waals surface area contributed by atoms with Gasteiger partial charge in [-0.1, -0.05) is 12.1 Å². The second kappa shape index (κ2) is 9.07. The van der Waals surface area contributed by atoms with Gasteiger partial charge in [-0.15, -0.1) is 0 Å². The van der Waals surface area contributed by atoms with Crippen LogP contribution in [0.4, 0.5) is 11.5 Å². The maximum Gasteiger partial charge on any atom is 0.248 e. The van der Waals surface area contributed by atoms with Crippen LogP contribution in [-0.2, 0) is 10.0 Å². The van der Waals surface area contributed by atoms with Gasteiger partial charge in [0.25, 0.3) is 0 Å². The van der Waals surface area contributed by atoms with Crippen LogP contribution in [0.5, 0.6) is 0 Å². The molecule has 3 aromatic rings. The minimum absolute atomic E-state index is 0.299. The Morgan fingerprint density at radius 1 is 0.938 bits per heavy atom. The average molecular weight is 452 g/mol. The normalized spacial score (nSPS) is 15.4. The third kappa shape index (κ3) is 4.80. The van der Waals surface area contributed by atoms with Crippen molar-refractivity contribution >= 4 is 27.4 Å². The molecule has 0 spiro atoms. The summed E-state index contributed by atoms with van der Waals surface area (Å²) in [6.45, 7) is 2.46. The number of pyridine rings is 1. The number of aromatic nitrogens is 1. The zero-order valence-corrected chi connectivity index (χ0v) is 18.5. The Balaban J connectivity index is 1.50. The minimum atomic E-state index is -3.49. The molecule has 0 atom stereocenters. The summed E-state index contributed by atoms with van der Waals surface area (Å²) >= 11 is 0. The molecule has 2 heterocycles. The second-order valence-electron chi connectivity index (χ2n) is 7.73. The van der Waals surface area contributed by atoms with Crippen molar-refractivity contribution in [1.29, 1.82) is 0 Å². The van der Waals surface area contributed by atoms with Gasteiger partial charge in [0, 0.05) is 43.6 Å². The molecule has 8 nitrogen and oxygen atoms in total. The van der Waals surface area contributed by atoms with Gasteiger partial charge in [0.05, 0.1) is 4.90 Å². The van der Waals surface area contributed by atoms with Crippen molar-refractivity contribution in [2.45, 2.75) is 4.90 Å². The molecule has 166 valence electrons. The Kier molecular flexibility index (Phi) is 6.22. The van der Waals surface area contributed by atoms with Crippen LogP contribution in [0.1, 0.15) is 10.4 Å². The van der Waals surface area contributed by atoms with Gasteiger partial charge in [-0.25, -0.2) is 13.4 Å². The lowest BCUT2D eigenvalue weighted by molar-refractivity contribution is 0.100. The van der Waals surface area contributed by atoms with Crippen LogP contribution in [0, 0.1) is 0 Å². The van der Waals surface area contributed by atoms with E-state index in [1.807, 2.05) is 31.3 Å². The first-order chi connectivity index (χ1) is 15.3. The molecule has 3 N–H and O–H groups in total. The van der Waals surface area contributed by atoms with Gasteiger partial charge in [0.15, 0.2) is 0 Å². The first kappa shape index (κ1) is 21.9. The molecular weight excluding hydrogens is 426 g/mol. The Bertz CT molecular complexity index is 1200. The fourth-order valence-corrected chi connectivity index (χ4v) is 4.96. The van der Waals surface area contributed by atoms with Crippen LogP contribution in [0.15, 0.2) is 71.8 Å². The van der Waals surface area contributed by atoms with Gasteiger partial charge in [0.1, 0.15) is 5.82 Å². The summed E-state index contributed by atoms with van der Waals surface area (Å²) in [4.78, 5) is 18.0. The number of hydrogen-bond acceptors (Lipinski definition) is 6. The lowest BCUT2D eigenvalue weighted by Gasteiger charge is -2.31. The molecule has 1 fully saturated rings. The first-order valence-electron chi connectivity index (χ1n) is 10.2. The fraction of sp³-hybridized carbons (Fsp3) is 0.217. The summed E-state index contributed by atoms with van der Waals surface area (Å²) in [5, 5.41) is 3.19. The Morgan fingerprint density at radius 3 is 2.22 bits per heavy atom. The number of sulfonamides is 1. The summed E-state index contributed by atoms with van der Waals surface area (Å²) in [6.07, 6.45) is 1.68. The van der Waals surface area contributed by atoms with Gasteiger partial charge >= 0.3 is 0 Å². The quantitative estimate of drug-likeness (QED) is 0.596. The van der Waals surface area contributed by atoms with E-state index in [1.54, 1.807) is 46.9 Å². The Labute approximate surface area is 187 Å². The standard InChI is InChI=1S/C23H25N5O3S/c1-27-12-14-28(15-13-27)32(30,31)21-8-4-17(5-9-21)19-10-11-25-22(16-19)26-20-6-2-18(3-7-20)23(24)29/h2-11,16H,12-15H2,1H3,(H2,24,29)(H,25,26). The van der Waals surface area contributed by atoms with Gasteiger partial charge in [-0.2, -0.15) is 4.31 Å². The SMILES string of the molecule is CN1CCN(S(=O)(=O)c2ccc(-c3ccnc(Nc4ccc(C(N)=O)cc4)c3)cc2)CC1. The molecule has 0 aliphatic carbocycles. The molecule has 1 saturated heterocycles. The molecule has 0 radical (unpaired) electrons. The predicted molar refractivity (Wildman–Crippen MR) is 124 cm³/mol. The molecule has 4 rings (SSSR count). The number of carbonyl (C=O) groups excluding carboxylic acids is 1. The number of nitrogens with two attached hydrogens (primary N) is 1. The number of rotatable bonds is 6. The topological polar surface area (TPSA) is 109 Å². The zero-order chi connectivity index (χ0) is 22.7. The predicted octanol–water partition coefficient (Wildman–Crippen LogP) is 2.53. The highest BCUT2D eigenvalue weighted by Crippen LogP contribution is 2.26. The molecule has 0 unspecified atom stereocenters. The van der Waals surface area contributed by atoms with Crippen LogP contribution < -0.4 is 11.1 Å². The number of piperazine rings is 1. The van der Waals surface area contributed by atoms with Crippen molar-refractivity contribution in [3.8, 4) is 11.1 Å². The van der Waals surface area contributed by atoms with Crippen LogP contribution in [-0.4, -0.2) is 61.7 Å². The van der Waals surface area contributed by atoms with E-state index >= 15 is 0 Å². The number of primary amides is 1. The van der Waals surface area contributed by atoms with E-state index < -0.39 is 15.9 Å². The van der Waals surface area contributed by atoms with Crippen LogP contribution >= 0.6 is 0 Å². The van der Waals surface area contributed by atoms with Gasteiger partial charge in [-0.05, 0) is 66.7 Å². The molecule has 1 aliphatic rings. The van der Waals surface area contributed by atoms with E-state index in [4.69, 9.17) is 5.73 Å². The maximum atomic E-state index is 12.9. The third-order valence-corrected chi connectivity index (χ3v) is 7.40. The summed E-state index contributed by atoms with van der Waals surface area (Å²) in [7, 11) is -1.50. The van der Waals surface area contributed by atoms with E-state index in [2.05, 4.69) is 15.2 Å². The van der Waals surface area contributed by atoms with Gasteiger partial charge in [0.2, 0.25) is 15.9 Å². The lowest BCUT2D eigenvalue weighted by atomic mass is 10.1. The molecule has 2 aromatic carbocycles. The third-order valence-electron chi connectivity index (χ3n) is 5.49. The van der Waals surface area contributed by atoms with Crippen molar-refractivity contribution in [2.75, 3.05) is 38.5 Å². The molecule has 1 aliphatic heterocycles. The Hall–Kier alpha value is -3.27. The number of carbonyl (C=O) groups is 1. The molecule has 32 heavy (non-hydrogen) atoms.